The summed E-state index contributed by atoms with van der Waals surface area (Å²) in [6.07, 6.45) is 7.74. The summed E-state index contributed by atoms with van der Waals surface area (Å²) in [5.74, 6) is 2.10. The maximum atomic E-state index is 5.77. The lowest BCUT2D eigenvalue weighted by Gasteiger charge is -2.29. The minimum Gasteiger partial charge on any atom is -0.493 e. The molecule has 1 aromatic heterocycles. The number of hydrogen-bond acceptors (Lipinski definition) is 6. The maximum Gasteiger partial charge on any atom is 0.326 e. The highest BCUT2D eigenvalue weighted by atomic mass is 32.1. The Balaban J connectivity index is 2.28. The second-order valence-corrected chi connectivity index (χ2v) is 8.12. The molecule has 0 aliphatic carbocycles. The van der Waals surface area contributed by atoms with Gasteiger partial charge >= 0.3 is 6.01 Å². The van der Waals surface area contributed by atoms with Gasteiger partial charge in [-0.1, -0.05) is 69.9 Å². The van der Waals surface area contributed by atoms with Gasteiger partial charge in [0.05, 0.1) is 18.8 Å². The number of ether oxygens (including phenoxy) is 2. The SMILES string of the molecule is CCCCCC(CC)(CCC)c1noc(NC(=S)c2c(OCC)cccc2OCC)n1. The third-order valence-electron chi connectivity index (χ3n) is 5.60. The number of anilines is 1. The molecule has 0 amide bonds. The molecule has 1 aromatic carbocycles. The highest BCUT2D eigenvalue weighted by Gasteiger charge is 2.34. The maximum absolute atomic E-state index is 5.77. The van der Waals surface area contributed by atoms with Crippen molar-refractivity contribution in [3.63, 3.8) is 0 Å². The van der Waals surface area contributed by atoms with Gasteiger partial charge < -0.3 is 14.0 Å². The summed E-state index contributed by atoms with van der Waals surface area (Å²) >= 11 is 5.68. The van der Waals surface area contributed by atoms with Crippen molar-refractivity contribution in [2.75, 3.05) is 18.5 Å². The molecule has 2 rings (SSSR count). The number of benzene rings is 1. The van der Waals surface area contributed by atoms with Gasteiger partial charge in [-0.3, -0.25) is 5.32 Å². The Morgan fingerprint density at radius 2 is 1.68 bits per heavy atom. The van der Waals surface area contributed by atoms with Gasteiger partial charge in [-0.15, -0.1) is 0 Å². The van der Waals surface area contributed by atoms with Crippen LogP contribution in [0.4, 0.5) is 6.01 Å². The Kier molecular flexibility index (Phi) is 10.2. The standard InChI is InChI=1S/C24H37N3O3S/c1-6-11-12-17-24(8-3,16-7-2)22-26-23(30-27-22)25-21(31)20-18(28-9-4)14-13-15-19(20)29-10-5/h13-15H,6-12,16-17H2,1-5H3,(H,25,26,27,31). The third kappa shape index (κ3) is 6.42. The van der Waals surface area contributed by atoms with E-state index in [1.807, 2.05) is 32.0 Å². The zero-order valence-corrected chi connectivity index (χ0v) is 20.4. The fourth-order valence-corrected chi connectivity index (χ4v) is 4.28. The quantitative estimate of drug-likeness (QED) is 0.256. The third-order valence-corrected chi connectivity index (χ3v) is 5.91. The number of thiocarbonyl (C=S) groups is 1. The molecule has 31 heavy (non-hydrogen) atoms. The van der Waals surface area contributed by atoms with E-state index >= 15 is 0 Å². The zero-order valence-electron chi connectivity index (χ0n) is 19.6. The van der Waals surface area contributed by atoms with Gasteiger partial charge in [0, 0.05) is 5.41 Å². The van der Waals surface area contributed by atoms with Crippen molar-refractivity contribution in [1.82, 2.24) is 10.1 Å². The summed E-state index contributed by atoms with van der Waals surface area (Å²) in [7, 11) is 0. The molecular weight excluding hydrogens is 410 g/mol. The number of aromatic nitrogens is 2. The van der Waals surface area contributed by atoms with Crippen LogP contribution in [0.2, 0.25) is 0 Å². The number of nitrogens with one attached hydrogen (secondary N) is 1. The molecule has 172 valence electrons. The molecule has 0 bridgehead atoms. The van der Waals surface area contributed by atoms with Gasteiger partial charge in [0.1, 0.15) is 16.5 Å². The molecule has 1 N–H and O–H groups in total. The number of unbranched alkanes of at least 4 members (excludes halogenated alkanes) is 2. The molecule has 0 aliphatic rings. The minimum atomic E-state index is -0.0608. The molecule has 1 atom stereocenters. The summed E-state index contributed by atoms with van der Waals surface area (Å²) in [6.45, 7) is 11.6. The molecule has 0 saturated carbocycles. The van der Waals surface area contributed by atoms with Gasteiger partial charge in [0.2, 0.25) is 0 Å². The zero-order chi connectivity index (χ0) is 22.7. The molecule has 0 aliphatic heterocycles. The molecule has 1 heterocycles. The van der Waals surface area contributed by atoms with Crippen molar-refractivity contribution in [3.8, 4) is 11.5 Å². The van der Waals surface area contributed by atoms with Crippen LogP contribution in [0.3, 0.4) is 0 Å². The molecule has 0 radical (unpaired) electrons. The molecular formula is C24H37N3O3S. The van der Waals surface area contributed by atoms with Crippen molar-refractivity contribution in [2.45, 2.75) is 85.0 Å². The Labute approximate surface area is 192 Å². The first kappa shape index (κ1) is 25.1. The second-order valence-electron chi connectivity index (χ2n) is 7.71. The number of nitrogens with zero attached hydrogens (tertiary/aromatic N) is 2. The van der Waals surface area contributed by atoms with E-state index in [4.69, 9.17) is 31.2 Å². The van der Waals surface area contributed by atoms with Crippen molar-refractivity contribution in [3.05, 3.63) is 29.6 Å². The first-order chi connectivity index (χ1) is 15.0. The summed E-state index contributed by atoms with van der Waals surface area (Å²) in [4.78, 5) is 5.15. The fourth-order valence-electron chi connectivity index (χ4n) is 3.99. The summed E-state index contributed by atoms with van der Waals surface area (Å²) in [6, 6.07) is 5.96. The predicted molar refractivity (Wildman–Crippen MR) is 129 cm³/mol. The largest absolute Gasteiger partial charge is 0.493 e. The van der Waals surface area contributed by atoms with Crippen molar-refractivity contribution < 1.29 is 14.0 Å². The van der Waals surface area contributed by atoms with Crippen LogP contribution in [-0.2, 0) is 5.41 Å². The summed E-state index contributed by atoms with van der Waals surface area (Å²) in [5.41, 5.74) is 0.633. The van der Waals surface area contributed by atoms with Crippen molar-refractivity contribution in [2.24, 2.45) is 0 Å². The minimum absolute atomic E-state index is 0.0608. The number of hydrogen-bond donors (Lipinski definition) is 1. The first-order valence-electron chi connectivity index (χ1n) is 11.6. The Morgan fingerprint density at radius 1 is 1.00 bits per heavy atom. The predicted octanol–water partition coefficient (Wildman–Crippen LogP) is 6.68. The normalized spacial score (nSPS) is 12.9. The molecule has 7 heteroatoms. The van der Waals surface area contributed by atoms with Gasteiger partial charge in [0.25, 0.3) is 0 Å². The van der Waals surface area contributed by atoms with Crippen LogP contribution in [-0.4, -0.2) is 28.3 Å². The van der Waals surface area contributed by atoms with Crippen LogP contribution in [0.15, 0.2) is 22.7 Å². The molecule has 2 aromatic rings. The van der Waals surface area contributed by atoms with E-state index in [1.54, 1.807) is 0 Å². The van der Waals surface area contributed by atoms with Crippen LogP contribution in [0, 0.1) is 0 Å². The topological polar surface area (TPSA) is 69.4 Å². The van der Waals surface area contributed by atoms with E-state index < -0.39 is 0 Å². The molecule has 1 unspecified atom stereocenters. The molecule has 6 nitrogen and oxygen atoms in total. The fraction of sp³-hybridized carbons (Fsp3) is 0.625. The molecule has 0 fully saturated rings. The summed E-state index contributed by atoms with van der Waals surface area (Å²) in [5, 5.41) is 7.46. The average molecular weight is 448 g/mol. The van der Waals surface area contributed by atoms with E-state index in [0.717, 1.165) is 31.5 Å². The van der Waals surface area contributed by atoms with Crippen LogP contribution in [0.25, 0.3) is 0 Å². The summed E-state index contributed by atoms with van der Waals surface area (Å²) < 4.78 is 17.1. The van der Waals surface area contributed by atoms with Crippen LogP contribution >= 0.6 is 12.2 Å². The van der Waals surface area contributed by atoms with Gasteiger partial charge in [-0.2, -0.15) is 4.98 Å². The van der Waals surface area contributed by atoms with Gasteiger partial charge in [-0.05, 0) is 45.2 Å². The Morgan fingerprint density at radius 3 is 2.23 bits per heavy atom. The van der Waals surface area contributed by atoms with Gasteiger partial charge in [-0.25, -0.2) is 0 Å². The van der Waals surface area contributed by atoms with E-state index in [1.165, 1.54) is 19.3 Å². The van der Waals surface area contributed by atoms with Crippen molar-refractivity contribution >= 4 is 23.2 Å². The van der Waals surface area contributed by atoms with Crippen LogP contribution < -0.4 is 14.8 Å². The van der Waals surface area contributed by atoms with Crippen molar-refractivity contribution in [1.29, 1.82) is 0 Å². The highest BCUT2D eigenvalue weighted by molar-refractivity contribution is 7.81. The highest BCUT2D eigenvalue weighted by Crippen LogP contribution is 2.37. The average Bonchev–Trinajstić information content (AvgIpc) is 3.23. The Bertz CT molecular complexity index is 800. The smallest absolute Gasteiger partial charge is 0.326 e. The monoisotopic (exact) mass is 447 g/mol. The lowest BCUT2D eigenvalue weighted by molar-refractivity contribution is 0.299. The first-order valence-corrected chi connectivity index (χ1v) is 12.0. The molecule has 0 saturated heterocycles. The molecule has 0 spiro atoms. The van der Waals surface area contributed by atoms with E-state index in [9.17, 15) is 0 Å². The number of rotatable bonds is 14. The lowest BCUT2D eigenvalue weighted by Crippen LogP contribution is -2.27. The second kappa shape index (κ2) is 12.6. The van der Waals surface area contributed by atoms with Gasteiger partial charge in [0.15, 0.2) is 5.82 Å². The van der Waals surface area contributed by atoms with Crippen LogP contribution in [0.1, 0.15) is 91.0 Å². The van der Waals surface area contributed by atoms with E-state index in [-0.39, 0.29) is 5.41 Å². The Hall–Kier alpha value is -2.15. The lowest BCUT2D eigenvalue weighted by atomic mass is 9.75. The van der Waals surface area contributed by atoms with Crippen LogP contribution in [0.5, 0.6) is 11.5 Å². The van der Waals surface area contributed by atoms with E-state index in [2.05, 4.69) is 31.2 Å². The van der Waals surface area contributed by atoms with E-state index in [0.29, 0.717) is 41.3 Å².